The molecule has 18 heavy (non-hydrogen) atoms. The molecule has 0 radical (unpaired) electrons. The molecule has 0 spiro atoms. The van der Waals surface area contributed by atoms with Gasteiger partial charge in [0.2, 0.25) is 0 Å². The zero-order valence-corrected chi connectivity index (χ0v) is 9.53. The van der Waals surface area contributed by atoms with Gasteiger partial charge >= 0.3 is 0 Å². The molecule has 2 aliphatic carbocycles. The van der Waals surface area contributed by atoms with Gasteiger partial charge in [-0.3, -0.25) is 10.1 Å². The first-order chi connectivity index (χ1) is 8.58. The van der Waals surface area contributed by atoms with Crippen LogP contribution in [0.1, 0.15) is 19.3 Å². The maximum Gasteiger partial charge on any atom is 0.295 e. The van der Waals surface area contributed by atoms with Gasteiger partial charge in [-0.2, -0.15) is 0 Å². The highest BCUT2D eigenvalue weighted by molar-refractivity contribution is 5.63. The Morgan fingerprint density at radius 2 is 2.11 bits per heavy atom. The number of anilines is 1. The van der Waals surface area contributed by atoms with Gasteiger partial charge in [-0.05, 0) is 37.2 Å². The molecule has 2 aliphatic rings. The molecule has 96 valence electrons. The second-order valence-electron chi connectivity index (χ2n) is 5.00. The molecule has 1 aromatic carbocycles. The Hall–Kier alpha value is -1.72. The highest BCUT2D eigenvalue weighted by Gasteiger charge is 2.48. The van der Waals surface area contributed by atoms with E-state index in [9.17, 15) is 18.9 Å². The molecule has 3 unspecified atom stereocenters. The third-order valence-electron chi connectivity index (χ3n) is 3.94. The van der Waals surface area contributed by atoms with E-state index < -0.39 is 22.2 Å². The first-order valence-electron chi connectivity index (χ1n) is 5.97. The van der Waals surface area contributed by atoms with Crippen molar-refractivity contribution in [2.24, 2.45) is 11.8 Å². The summed E-state index contributed by atoms with van der Waals surface area (Å²) in [6.45, 7) is 0. The normalized spacial score (nSPS) is 28.9. The third kappa shape index (κ3) is 1.72. The fraction of sp³-hybridized carbons (Fsp3) is 0.500. The van der Waals surface area contributed by atoms with E-state index >= 15 is 0 Å². The van der Waals surface area contributed by atoms with Crippen molar-refractivity contribution in [1.82, 2.24) is 0 Å². The predicted octanol–water partition coefficient (Wildman–Crippen LogP) is 3.08. The second kappa shape index (κ2) is 3.90. The molecule has 0 saturated heterocycles. The molecule has 3 atom stereocenters. The van der Waals surface area contributed by atoms with E-state index in [-0.39, 0.29) is 11.7 Å². The topological polar surface area (TPSA) is 55.2 Å². The van der Waals surface area contributed by atoms with Crippen LogP contribution in [0.4, 0.5) is 20.2 Å². The minimum atomic E-state index is -1.16. The molecular formula is C12H12F2N2O2. The van der Waals surface area contributed by atoms with Gasteiger partial charge in [-0.15, -0.1) is 0 Å². The summed E-state index contributed by atoms with van der Waals surface area (Å²) in [6, 6.07) is 1.82. The number of nitrogens with one attached hydrogen (secondary N) is 1. The van der Waals surface area contributed by atoms with E-state index in [0.717, 1.165) is 31.4 Å². The fourth-order valence-corrected chi connectivity index (χ4v) is 2.90. The molecule has 3 rings (SSSR count). The van der Waals surface area contributed by atoms with Gasteiger partial charge in [-0.25, -0.2) is 8.78 Å². The number of halogens is 2. The number of nitrogens with zero attached hydrogens (tertiary/aromatic N) is 1. The lowest BCUT2D eigenvalue weighted by Crippen LogP contribution is -2.20. The number of nitro benzene ring substituents is 1. The van der Waals surface area contributed by atoms with E-state index in [1.54, 1.807) is 0 Å². The average Bonchev–Trinajstić information content (AvgIpc) is 3.01. The molecule has 1 aromatic rings. The van der Waals surface area contributed by atoms with Crippen molar-refractivity contribution < 1.29 is 13.7 Å². The Balaban J connectivity index is 1.93. The average molecular weight is 254 g/mol. The van der Waals surface area contributed by atoms with Crippen molar-refractivity contribution in [3.8, 4) is 0 Å². The SMILES string of the molecule is O=[N+]([O-])c1ccc(F)c(F)c1NC1CCC2CC21. The molecule has 6 heteroatoms. The predicted molar refractivity (Wildman–Crippen MR) is 61.3 cm³/mol. The maximum atomic E-state index is 13.7. The van der Waals surface area contributed by atoms with Crippen molar-refractivity contribution >= 4 is 11.4 Å². The lowest BCUT2D eigenvalue weighted by molar-refractivity contribution is -0.384. The summed E-state index contributed by atoms with van der Waals surface area (Å²) in [6.07, 6.45) is 3.01. The summed E-state index contributed by atoms with van der Waals surface area (Å²) in [4.78, 5) is 10.1. The summed E-state index contributed by atoms with van der Waals surface area (Å²) in [5.74, 6) is -1.09. The zero-order chi connectivity index (χ0) is 12.9. The highest BCUT2D eigenvalue weighted by atomic mass is 19.2. The summed E-state index contributed by atoms with van der Waals surface area (Å²) in [5.41, 5.74) is -0.712. The van der Waals surface area contributed by atoms with Crippen molar-refractivity contribution in [3.05, 3.63) is 33.9 Å². The first kappa shape index (κ1) is 11.4. The molecule has 0 bridgehead atoms. The van der Waals surface area contributed by atoms with Crippen LogP contribution in [-0.2, 0) is 0 Å². The smallest absolute Gasteiger partial charge is 0.295 e. The van der Waals surface area contributed by atoms with Gasteiger partial charge < -0.3 is 5.32 Å². The number of hydrogen-bond donors (Lipinski definition) is 1. The van der Waals surface area contributed by atoms with Crippen molar-refractivity contribution in [3.63, 3.8) is 0 Å². The molecule has 0 aromatic heterocycles. The highest BCUT2D eigenvalue weighted by Crippen LogP contribution is 2.53. The van der Waals surface area contributed by atoms with Gasteiger partial charge in [0.1, 0.15) is 0 Å². The van der Waals surface area contributed by atoms with Crippen molar-refractivity contribution in [1.29, 1.82) is 0 Å². The molecule has 2 fully saturated rings. The van der Waals surface area contributed by atoms with Gasteiger partial charge in [0, 0.05) is 12.1 Å². The number of benzene rings is 1. The molecule has 0 amide bonds. The molecule has 0 aliphatic heterocycles. The summed E-state index contributed by atoms with van der Waals surface area (Å²) >= 11 is 0. The van der Waals surface area contributed by atoms with Crippen LogP contribution in [0.5, 0.6) is 0 Å². The minimum absolute atomic E-state index is 0.0324. The lowest BCUT2D eigenvalue weighted by atomic mass is 10.1. The van der Waals surface area contributed by atoms with Crippen molar-refractivity contribution in [2.75, 3.05) is 5.32 Å². The van der Waals surface area contributed by atoms with Crippen LogP contribution >= 0.6 is 0 Å². The Kier molecular flexibility index (Phi) is 2.46. The van der Waals surface area contributed by atoms with Gasteiger partial charge in [0.05, 0.1) is 4.92 Å². The first-order valence-corrected chi connectivity index (χ1v) is 5.97. The van der Waals surface area contributed by atoms with Crippen LogP contribution in [0.25, 0.3) is 0 Å². The van der Waals surface area contributed by atoms with Crippen LogP contribution < -0.4 is 5.32 Å². The summed E-state index contributed by atoms with van der Waals surface area (Å²) < 4.78 is 26.8. The molecule has 1 N–H and O–H groups in total. The number of fused-ring (bicyclic) bond motifs is 1. The van der Waals surface area contributed by atoms with E-state index in [2.05, 4.69) is 5.32 Å². The van der Waals surface area contributed by atoms with Crippen molar-refractivity contribution in [2.45, 2.75) is 25.3 Å². The van der Waals surface area contributed by atoms with Crippen LogP contribution in [0.15, 0.2) is 12.1 Å². The van der Waals surface area contributed by atoms with Crippen LogP contribution in [0.2, 0.25) is 0 Å². The molecular weight excluding hydrogens is 242 g/mol. The minimum Gasteiger partial charge on any atom is -0.374 e. The van der Waals surface area contributed by atoms with Crippen LogP contribution in [0, 0.1) is 33.6 Å². The molecule has 0 heterocycles. The van der Waals surface area contributed by atoms with Gasteiger partial charge in [0.15, 0.2) is 17.3 Å². The largest absolute Gasteiger partial charge is 0.374 e. The number of rotatable bonds is 3. The van der Waals surface area contributed by atoms with E-state index in [0.29, 0.717) is 11.8 Å². The fourth-order valence-electron chi connectivity index (χ4n) is 2.90. The molecule has 4 nitrogen and oxygen atoms in total. The monoisotopic (exact) mass is 254 g/mol. The summed E-state index contributed by atoms with van der Waals surface area (Å²) in [5, 5.41) is 13.7. The van der Waals surface area contributed by atoms with Crippen LogP contribution in [-0.4, -0.2) is 11.0 Å². The Morgan fingerprint density at radius 3 is 2.67 bits per heavy atom. The van der Waals surface area contributed by atoms with E-state index in [4.69, 9.17) is 0 Å². The Morgan fingerprint density at radius 1 is 1.33 bits per heavy atom. The summed E-state index contributed by atoms with van der Waals surface area (Å²) in [7, 11) is 0. The van der Waals surface area contributed by atoms with E-state index in [1.807, 2.05) is 0 Å². The Labute approximate surface area is 102 Å². The third-order valence-corrected chi connectivity index (χ3v) is 3.94. The maximum absolute atomic E-state index is 13.7. The zero-order valence-electron chi connectivity index (χ0n) is 9.53. The van der Waals surface area contributed by atoms with E-state index in [1.165, 1.54) is 0 Å². The van der Waals surface area contributed by atoms with Gasteiger partial charge in [-0.1, -0.05) is 0 Å². The second-order valence-corrected chi connectivity index (χ2v) is 5.00. The number of hydrogen-bond acceptors (Lipinski definition) is 3. The standard InChI is InChI=1S/C12H12F2N2O2/c13-8-2-4-10(16(17)18)12(11(8)14)15-9-3-1-6-5-7(6)9/h2,4,6-7,9,15H,1,3,5H2. The lowest BCUT2D eigenvalue weighted by Gasteiger charge is -2.16. The number of nitro groups is 1. The quantitative estimate of drug-likeness (QED) is 0.666. The van der Waals surface area contributed by atoms with Gasteiger partial charge in [0.25, 0.3) is 5.69 Å². The Bertz CT molecular complexity index is 521. The molecule has 2 saturated carbocycles. The van der Waals surface area contributed by atoms with Crippen LogP contribution in [0.3, 0.4) is 0 Å².